The minimum atomic E-state index is -1.15. The van der Waals surface area contributed by atoms with E-state index in [2.05, 4.69) is 16.0 Å². The first kappa shape index (κ1) is 31.3. The standard InChI is InChI=1S/C31H22Cl2FN3O5S/c32-23-7-4-8-25(34)22(23)16-27(37-29(39)18-5-2-1-3-6-18)30(40)35-20-10-12-21(13-11-20)43-17-28(38)36-26-15-19(31(41)42)9-14-24(26)33/h1-16H,17H2,(H,35,40)(H,36,38)(H,37,39)(H,41,42)/b27-16-. The second kappa shape index (κ2) is 14.5. The molecule has 0 saturated heterocycles. The minimum Gasteiger partial charge on any atom is -0.478 e. The molecule has 4 aromatic rings. The van der Waals surface area contributed by atoms with Crippen LogP contribution in [0.25, 0.3) is 6.08 Å². The van der Waals surface area contributed by atoms with E-state index in [0.717, 1.165) is 6.08 Å². The average molecular weight is 639 g/mol. The second-order valence-electron chi connectivity index (χ2n) is 8.83. The van der Waals surface area contributed by atoms with E-state index < -0.39 is 29.5 Å². The Kier molecular flexibility index (Phi) is 10.6. The normalized spacial score (nSPS) is 11.0. The lowest BCUT2D eigenvalue weighted by molar-refractivity contribution is -0.114. The van der Waals surface area contributed by atoms with Gasteiger partial charge in [0.1, 0.15) is 11.5 Å². The van der Waals surface area contributed by atoms with Gasteiger partial charge in [-0.2, -0.15) is 0 Å². The fourth-order valence-electron chi connectivity index (χ4n) is 3.66. The predicted molar refractivity (Wildman–Crippen MR) is 166 cm³/mol. The van der Waals surface area contributed by atoms with Crippen LogP contribution in [0.5, 0.6) is 0 Å². The number of rotatable bonds is 10. The first-order valence-corrected chi connectivity index (χ1v) is 14.2. The molecule has 4 rings (SSSR count). The van der Waals surface area contributed by atoms with E-state index in [9.17, 15) is 23.6 Å². The van der Waals surface area contributed by atoms with E-state index in [-0.39, 0.29) is 38.3 Å². The number of carboxylic acid groups (broad SMARTS) is 1. The molecular weight excluding hydrogens is 616 g/mol. The van der Waals surface area contributed by atoms with E-state index in [1.165, 1.54) is 48.2 Å². The number of carboxylic acids is 1. The molecule has 0 atom stereocenters. The molecule has 0 bridgehead atoms. The van der Waals surface area contributed by atoms with Gasteiger partial charge in [-0.1, -0.05) is 47.5 Å². The van der Waals surface area contributed by atoms with Gasteiger partial charge in [0.2, 0.25) is 5.91 Å². The van der Waals surface area contributed by atoms with E-state index in [0.29, 0.717) is 16.1 Å². The first-order valence-electron chi connectivity index (χ1n) is 12.5. The van der Waals surface area contributed by atoms with Crippen LogP contribution in [0.4, 0.5) is 15.8 Å². The van der Waals surface area contributed by atoms with Crippen LogP contribution in [0.15, 0.2) is 102 Å². The molecule has 0 saturated carbocycles. The SMILES string of the molecule is O=C(CSc1ccc(NC(=O)/C(=C/c2c(F)cccc2Cl)NC(=O)c2ccccc2)cc1)Nc1cc(C(=O)O)ccc1Cl. The van der Waals surface area contributed by atoms with Gasteiger partial charge in [0.05, 0.1) is 27.0 Å². The topological polar surface area (TPSA) is 125 Å². The third-order valence-electron chi connectivity index (χ3n) is 5.79. The number of benzene rings is 4. The van der Waals surface area contributed by atoms with E-state index in [1.807, 2.05) is 0 Å². The Bertz CT molecular complexity index is 1700. The largest absolute Gasteiger partial charge is 0.478 e. The zero-order chi connectivity index (χ0) is 30.9. The monoisotopic (exact) mass is 637 g/mol. The summed E-state index contributed by atoms with van der Waals surface area (Å²) in [5.74, 6) is -3.51. The van der Waals surface area contributed by atoms with Crippen LogP contribution in [-0.2, 0) is 9.59 Å². The summed E-state index contributed by atoms with van der Waals surface area (Å²) in [4.78, 5) is 50.3. The van der Waals surface area contributed by atoms with Crippen LogP contribution >= 0.6 is 35.0 Å². The summed E-state index contributed by atoms with van der Waals surface area (Å²) < 4.78 is 14.5. The molecule has 4 N–H and O–H groups in total. The first-order chi connectivity index (χ1) is 20.6. The van der Waals surface area contributed by atoms with Crippen molar-refractivity contribution in [3.63, 3.8) is 0 Å². The lowest BCUT2D eigenvalue weighted by Gasteiger charge is -2.12. The van der Waals surface area contributed by atoms with E-state index in [1.54, 1.807) is 54.6 Å². The minimum absolute atomic E-state index is 0.00113. The van der Waals surface area contributed by atoms with Gasteiger partial charge in [-0.05, 0) is 72.8 Å². The van der Waals surface area contributed by atoms with Gasteiger partial charge < -0.3 is 21.1 Å². The van der Waals surface area contributed by atoms with Gasteiger partial charge in [0, 0.05) is 21.7 Å². The highest BCUT2D eigenvalue weighted by molar-refractivity contribution is 8.00. The number of hydrogen-bond acceptors (Lipinski definition) is 5. The summed E-state index contributed by atoms with van der Waals surface area (Å²) in [6.45, 7) is 0. The van der Waals surface area contributed by atoms with Crippen LogP contribution in [0.2, 0.25) is 10.0 Å². The molecule has 0 aliphatic carbocycles. The summed E-state index contributed by atoms with van der Waals surface area (Å²) in [6, 6.07) is 22.8. The molecular formula is C31H22Cl2FN3O5S. The van der Waals surface area contributed by atoms with Crippen molar-refractivity contribution >= 4 is 76.1 Å². The quantitative estimate of drug-likeness (QED) is 0.110. The Morgan fingerprint density at radius 3 is 2.21 bits per heavy atom. The van der Waals surface area contributed by atoms with Gasteiger partial charge in [0.15, 0.2) is 0 Å². The smallest absolute Gasteiger partial charge is 0.335 e. The Morgan fingerprint density at radius 2 is 1.53 bits per heavy atom. The van der Waals surface area contributed by atoms with Gasteiger partial charge in [-0.25, -0.2) is 9.18 Å². The highest BCUT2D eigenvalue weighted by Gasteiger charge is 2.17. The summed E-state index contributed by atoms with van der Waals surface area (Å²) in [5.41, 5.74) is 0.536. The Labute approximate surface area is 259 Å². The summed E-state index contributed by atoms with van der Waals surface area (Å²) in [5, 5.41) is 17.2. The van der Waals surface area contributed by atoms with Gasteiger partial charge in [-0.3, -0.25) is 14.4 Å². The van der Waals surface area contributed by atoms with E-state index >= 15 is 0 Å². The van der Waals surface area contributed by atoms with Crippen molar-refractivity contribution in [3.8, 4) is 0 Å². The maximum Gasteiger partial charge on any atom is 0.335 e. The molecule has 0 aliphatic heterocycles. The number of carbonyl (C=O) groups is 4. The lowest BCUT2D eigenvalue weighted by atomic mass is 10.1. The van der Waals surface area contributed by atoms with Crippen molar-refractivity contribution in [1.82, 2.24) is 5.32 Å². The van der Waals surface area contributed by atoms with Crippen molar-refractivity contribution in [2.24, 2.45) is 0 Å². The molecule has 0 aromatic heterocycles. The number of carbonyl (C=O) groups excluding carboxylic acids is 3. The maximum atomic E-state index is 14.5. The van der Waals surface area contributed by atoms with Crippen LogP contribution in [0.3, 0.4) is 0 Å². The highest BCUT2D eigenvalue weighted by Crippen LogP contribution is 2.26. The molecule has 0 unspecified atom stereocenters. The number of thioether (sulfide) groups is 1. The van der Waals surface area contributed by atoms with Crippen LogP contribution in [0, 0.1) is 5.82 Å². The Hall–Kier alpha value is -4.64. The summed E-state index contributed by atoms with van der Waals surface area (Å²) in [7, 11) is 0. The fourth-order valence-corrected chi connectivity index (χ4v) is 4.74. The van der Waals surface area contributed by atoms with E-state index in [4.69, 9.17) is 28.3 Å². The van der Waals surface area contributed by atoms with Crippen molar-refractivity contribution < 1.29 is 28.7 Å². The molecule has 43 heavy (non-hydrogen) atoms. The molecule has 0 spiro atoms. The molecule has 0 heterocycles. The number of halogens is 3. The molecule has 8 nitrogen and oxygen atoms in total. The lowest BCUT2D eigenvalue weighted by Crippen LogP contribution is -2.30. The fraction of sp³-hybridized carbons (Fsp3) is 0.0323. The van der Waals surface area contributed by atoms with Crippen molar-refractivity contribution in [2.45, 2.75) is 4.90 Å². The molecule has 0 aliphatic rings. The molecule has 3 amide bonds. The van der Waals surface area contributed by atoms with Gasteiger partial charge in [0.25, 0.3) is 11.8 Å². The molecule has 0 fully saturated rings. The third-order valence-corrected chi connectivity index (χ3v) is 7.46. The van der Waals surface area contributed by atoms with Crippen molar-refractivity contribution in [3.05, 3.63) is 129 Å². The highest BCUT2D eigenvalue weighted by atomic mass is 35.5. The second-order valence-corrected chi connectivity index (χ2v) is 10.7. The molecule has 0 radical (unpaired) electrons. The molecule has 12 heteroatoms. The Morgan fingerprint density at radius 1 is 0.814 bits per heavy atom. The number of hydrogen-bond donors (Lipinski definition) is 4. The number of nitrogens with one attached hydrogen (secondary N) is 3. The Balaban J connectivity index is 1.43. The average Bonchev–Trinajstić information content (AvgIpc) is 2.99. The third kappa shape index (κ3) is 8.68. The van der Waals surface area contributed by atoms with Crippen molar-refractivity contribution in [2.75, 3.05) is 16.4 Å². The zero-order valence-corrected chi connectivity index (χ0v) is 24.4. The zero-order valence-electron chi connectivity index (χ0n) is 22.1. The number of amides is 3. The number of anilines is 2. The maximum absolute atomic E-state index is 14.5. The summed E-state index contributed by atoms with van der Waals surface area (Å²) >= 11 is 13.4. The molecule has 4 aromatic carbocycles. The van der Waals surface area contributed by atoms with Crippen LogP contribution < -0.4 is 16.0 Å². The van der Waals surface area contributed by atoms with Gasteiger partial charge in [-0.15, -0.1) is 11.8 Å². The number of aromatic carboxylic acids is 1. The van der Waals surface area contributed by atoms with Crippen LogP contribution in [0.1, 0.15) is 26.3 Å². The summed E-state index contributed by atoms with van der Waals surface area (Å²) in [6.07, 6.45) is 1.16. The van der Waals surface area contributed by atoms with Crippen LogP contribution in [-0.4, -0.2) is 34.6 Å². The predicted octanol–water partition coefficient (Wildman–Crippen LogP) is 6.97. The van der Waals surface area contributed by atoms with Gasteiger partial charge >= 0.3 is 5.97 Å². The molecule has 218 valence electrons. The van der Waals surface area contributed by atoms with Crippen molar-refractivity contribution in [1.29, 1.82) is 0 Å².